The Bertz CT molecular complexity index is 313. The third-order valence-electron chi connectivity index (χ3n) is 5.89. The van der Waals surface area contributed by atoms with Crippen LogP contribution in [0.3, 0.4) is 0 Å². The molecule has 2 atom stereocenters. The van der Waals surface area contributed by atoms with E-state index in [1.54, 1.807) is 0 Å². The van der Waals surface area contributed by atoms with Gasteiger partial charge in [-0.2, -0.15) is 0 Å². The van der Waals surface area contributed by atoms with Crippen LogP contribution in [0.15, 0.2) is 0 Å². The topological polar surface area (TPSA) is 39.7 Å². The van der Waals surface area contributed by atoms with E-state index in [4.69, 9.17) is 14.2 Å². The van der Waals surface area contributed by atoms with Crippen LogP contribution in [0.5, 0.6) is 0 Å². The molecule has 2 saturated heterocycles. The summed E-state index contributed by atoms with van der Waals surface area (Å²) in [5.74, 6) is 0.659. The zero-order valence-corrected chi connectivity index (χ0v) is 13.0. The van der Waals surface area contributed by atoms with Crippen molar-refractivity contribution < 1.29 is 14.2 Å². The molecule has 3 rings (SSSR count). The molecule has 1 spiro atoms. The fourth-order valence-corrected chi connectivity index (χ4v) is 4.54. The molecule has 116 valence electrons. The highest BCUT2D eigenvalue weighted by Crippen LogP contribution is 2.46. The summed E-state index contributed by atoms with van der Waals surface area (Å²) in [5.41, 5.74) is 0.151. The van der Waals surface area contributed by atoms with E-state index in [9.17, 15) is 0 Å². The van der Waals surface area contributed by atoms with Crippen LogP contribution in [0.2, 0.25) is 0 Å². The summed E-state index contributed by atoms with van der Waals surface area (Å²) in [4.78, 5) is 0. The van der Waals surface area contributed by atoms with Gasteiger partial charge in [0.05, 0.1) is 11.2 Å². The molecule has 2 heterocycles. The zero-order chi connectivity index (χ0) is 14.1. The first-order chi connectivity index (χ1) is 9.74. The molecule has 0 radical (unpaired) electrons. The maximum absolute atomic E-state index is 6.18. The summed E-state index contributed by atoms with van der Waals surface area (Å²) < 4.78 is 17.6. The van der Waals surface area contributed by atoms with E-state index in [0.29, 0.717) is 12.0 Å². The van der Waals surface area contributed by atoms with E-state index in [1.165, 1.54) is 19.3 Å². The molecule has 3 fully saturated rings. The Kier molecular flexibility index (Phi) is 4.37. The molecule has 0 aromatic carbocycles. The van der Waals surface area contributed by atoms with Crippen molar-refractivity contribution in [1.29, 1.82) is 0 Å². The predicted octanol–water partition coefficient (Wildman–Crippen LogP) is 2.12. The van der Waals surface area contributed by atoms with Gasteiger partial charge in [0.1, 0.15) is 0 Å². The van der Waals surface area contributed by atoms with Crippen molar-refractivity contribution in [3.8, 4) is 0 Å². The lowest BCUT2D eigenvalue weighted by atomic mass is 9.66. The van der Waals surface area contributed by atoms with Crippen LogP contribution in [0.25, 0.3) is 0 Å². The lowest BCUT2D eigenvalue weighted by molar-refractivity contribution is -0.171. The number of nitrogens with one attached hydrogen (secondary N) is 1. The molecular formula is C16H29NO3. The van der Waals surface area contributed by atoms with E-state index in [0.717, 1.165) is 45.5 Å². The molecule has 2 aliphatic heterocycles. The second-order valence-corrected chi connectivity index (χ2v) is 6.79. The summed E-state index contributed by atoms with van der Waals surface area (Å²) in [6.07, 6.45) is 8.12. The van der Waals surface area contributed by atoms with E-state index in [1.807, 2.05) is 7.11 Å². The molecule has 0 bridgehead atoms. The van der Waals surface area contributed by atoms with Crippen molar-refractivity contribution in [2.45, 2.75) is 62.2 Å². The molecular weight excluding hydrogens is 254 g/mol. The van der Waals surface area contributed by atoms with Gasteiger partial charge in [-0.3, -0.25) is 0 Å². The Hall–Kier alpha value is -0.160. The van der Waals surface area contributed by atoms with Gasteiger partial charge >= 0.3 is 0 Å². The summed E-state index contributed by atoms with van der Waals surface area (Å²) in [6, 6.07) is 0.463. The van der Waals surface area contributed by atoms with Gasteiger partial charge in [0, 0.05) is 33.0 Å². The average molecular weight is 283 g/mol. The van der Waals surface area contributed by atoms with Crippen LogP contribution in [0, 0.1) is 5.92 Å². The zero-order valence-electron chi connectivity index (χ0n) is 13.0. The molecule has 20 heavy (non-hydrogen) atoms. The van der Waals surface area contributed by atoms with Crippen LogP contribution in [-0.4, -0.2) is 51.2 Å². The van der Waals surface area contributed by atoms with E-state index in [-0.39, 0.29) is 11.2 Å². The lowest BCUT2D eigenvalue weighted by Crippen LogP contribution is -2.61. The van der Waals surface area contributed by atoms with Gasteiger partial charge in [-0.1, -0.05) is 0 Å². The number of hydrogen-bond donors (Lipinski definition) is 1. The molecule has 4 nitrogen and oxygen atoms in total. The largest absolute Gasteiger partial charge is 0.381 e. The number of likely N-dealkylation sites (N-methyl/N-ethyl adjacent to an activating group) is 1. The quantitative estimate of drug-likeness (QED) is 0.858. The number of ether oxygens (including phenoxy) is 3. The van der Waals surface area contributed by atoms with E-state index >= 15 is 0 Å². The first kappa shape index (κ1) is 14.8. The molecule has 1 N–H and O–H groups in total. The SMILES string of the molecule is CNC(C1CCOC2(CCOCC2)C1)C1(OC)CCC1. The second kappa shape index (κ2) is 5.91. The normalized spacial score (nSPS) is 33.6. The second-order valence-electron chi connectivity index (χ2n) is 6.79. The molecule has 0 amide bonds. The Morgan fingerprint density at radius 3 is 2.45 bits per heavy atom. The number of methoxy groups -OCH3 is 1. The van der Waals surface area contributed by atoms with E-state index < -0.39 is 0 Å². The smallest absolute Gasteiger partial charge is 0.0833 e. The van der Waals surface area contributed by atoms with Crippen LogP contribution in [-0.2, 0) is 14.2 Å². The Morgan fingerprint density at radius 2 is 1.90 bits per heavy atom. The molecule has 1 aliphatic carbocycles. The molecule has 0 aromatic rings. The highest BCUT2D eigenvalue weighted by Gasteiger charge is 2.50. The highest BCUT2D eigenvalue weighted by atomic mass is 16.5. The third kappa shape index (κ3) is 2.52. The summed E-state index contributed by atoms with van der Waals surface area (Å²) >= 11 is 0. The van der Waals surface area contributed by atoms with Crippen molar-refractivity contribution in [1.82, 2.24) is 5.32 Å². The summed E-state index contributed by atoms with van der Waals surface area (Å²) in [7, 11) is 3.98. The van der Waals surface area contributed by atoms with Gasteiger partial charge in [-0.15, -0.1) is 0 Å². The average Bonchev–Trinajstić information content (AvgIpc) is 2.43. The van der Waals surface area contributed by atoms with Crippen LogP contribution < -0.4 is 5.32 Å². The maximum Gasteiger partial charge on any atom is 0.0833 e. The molecule has 2 unspecified atom stereocenters. The lowest BCUT2D eigenvalue weighted by Gasteiger charge is -2.53. The molecule has 4 heteroatoms. The summed E-state index contributed by atoms with van der Waals surface area (Å²) in [6.45, 7) is 2.60. The number of hydrogen-bond acceptors (Lipinski definition) is 4. The standard InChI is InChI=1S/C16H29NO3/c1-17-14(16(18-2)5-3-6-16)13-4-9-20-15(12-13)7-10-19-11-8-15/h13-14,17H,3-12H2,1-2H3. The first-order valence-corrected chi connectivity index (χ1v) is 8.18. The first-order valence-electron chi connectivity index (χ1n) is 8.18. The Labute approximate surface area is 122 Å². The monoisotopic (exact) mass is 283 g/mol. The van der Waals surface area contributed by atoms with Gasteiger partial charge in [0.2, 0.25) is 0 Å². The van der Waals surface area contributed by atoms with Crippen molar-refractivity contribution in [2.24, 2.45) is 5.92 Å². The maximum atomic E-state index is 6.18. The van der Waals surface area contributed by atoms with Crippen LogP contribution in [0.4, 0.5) is 0 Å². The van der Waals surface area contributed by atoms with Crippen molar-refractivity contribution in [3.63, 3.8) is 0 Å². The highest BCUT2D eigenvalue weighted by molar-refractivity contribution is 5.04. The van der Waals surface area contributed by atoms with Crippen molar-refractivity contribution in [2.75, 3.05) is 34.0 Å². The van der Waals surface area contributed by atoms with Crippen molar-refractivity contribution >= 4 is 0 Å². The van der Waals surface area contributed by atoms with Gasteiger partial charge in [0.25, 0.3) is 0 Å². The minimum absolute atomic E-state index is 0.0725. The van der Waals surface area contributed by atoms with E-state index in [2.05, 4.69) is 12.4 Å². The minimum atomic E-state index is 0.0725. The van der Waals surface area contributed by atoms with Crippen LogP contribution >= 0.6 is 0 Å². The van der Waals surface area contributed by atoms with Gasteiger partial charge in [0.15, 0.2) is 0 Å². The molecule has 3 aliphatic rings. The fourth-order valence-electron chi connectivity index (χ4n) is 4.54. The Balaban J connectivity index is 1.71. The van der Waals surface area contributed by atoms with Crippen molar-refractivity contribution in [3.05, 3.63) is 0 Å². The fraction of sp³-hybridized carbons (Fsp3) is 1.00. The third-order valence-corrected chi connectivity index (χ3v) is 5.89. The summed E-state index contributed by atoms with van der Waals surface area (Å²) in [5, 5.41) is 3.58. The van der Waals surface area contributed by atoms with Gasteiger partial charge < -0.3 is 19.5 Å². The predicted molar refractivity (Wildman–Crippen MR) is 77.9 cm³/mol. The minimum Gasteiger partial charge on any atom is -0.381 e. The molecule has 1 saturated carbocycles. The van der Waals surface area contributed by atoms with Gasteiger partial charge in [-0.25, -0.2) is 0 Å². The Morgan fingerprint density at radius 1 is 1.15 bits per heavy atom. The van der Waals surface area contributed by atoms with Gasteiger partial charge in [-0.05, 0) is 57.9 Å². The number of rotatable bonds is 4. The molecule has 0 aromatic heterocycles. The van der Waals surface area contributed by atoms with Crippen LogP contribution in [0.1, 0.15) is 44.9 Å².